The predicted octanol–water partition coefficient (Wildman–Crippen LogP) is 1.49. The average Bonchev–Trinajstić information content (AvgIpc) is 2.72. The zero-order valence-electron chi connectivity index (χ0n) is 10.5. The highest BCUT2D eigenvalue weighted by molar-refractivity contribution is 6.08. The van der Waals surface area contributed by atoms with E-state index < -0.39 is 11.5 Å². The van der Waals surface area contributed by atoms with E-state index in [0.29, 0.717) is 11.3 Å². The summed E-state index contributed by atoms with van der Waals surface area (Å²) in [5.74, 6) is -0.956. The number of aromatic nitrogens is 1. The number of hydrogen-bond acceptors (Lipinski definition) is 4. The average molecular weight is 268 g/mol. The summed E-state index contributed by atoms with van der Waals surface area (Å²) in [5, 5.41) is 13.2. The van der Waals surface area contributed by atoms with Crippen molar-refractivity contribution >= 4 is 17.4 Å². The van der Waals surface area contributed by atoms with E-state index in [0.717, 1.165) is 0 Å². The highest BCUT2D eigenvalue weighted by Gasteiger charge is 2.46. The molecule has 0 saturated carbocycles. The van der Waals surface area contributed by atoms with E-state index in [1.165, 1.54) is 6.20 Å². The summed E-state index contributed by atoms with van der Waals surface area (Å²) in [7, 11) is 0. The number of amides is 1. The summed E-state index contributed by atoms with van der Waals surface area (Å²) in [4.78, 5) is 28.1. The summed E-state index contributed by atoms with van der Waals surface area (Å²) in [5.41, 5.74) is -0.633. The first-order valence-corrected chi connectivity index (χ1v) is 6.19. The molecule has 2 aromatic rings. The van der Waals surface area contributed by atoms with E-state index in [9.17, 15) is 14.7 Å². The molecule has 3 rings (SSSR count). The maximum atomic E-state index is 12.2. The summed E-state index contributed by atoms with van der Waals surface area (Å²) >= 11 is 0. The smallest absolute Gasteiger partial charge is 0.261 e. The number of ketones is 1. The second-order valence-electron chi connectivity index (χ2n) is 4.67. The number of pyridine rings is 1. The topological polar surface area (TPSA) is 79.3 Å². The van der Waals surface area contributed by atoms with Crippen molar-refractivity contribution in [2.24, 2.45) is 0 Å². The number of fused-ring (bicyclic) bond motifs is 1. The standard InChI is InChI=1S/C15H12N2O3/c18-13(12-7-3-4-8-16-12)9-15(20)10-5-1-2-6-11(10)17-14(15)19/h1-8,20H,9H2,(H,17,19)/t15-/m0/s1. The van der Waals surface area contributed by atoms with Gasteiger partial charge in [0.25, 0.3) is 5.91 Å². The summed E-state index contributed by atoms with van der Waals surface area (Å²) in [6.07, 6.45) is 1.17. The lowest BCUT2D eigenvalue weighted by molar-refractivity contribution is -0.133. The molecule has 1 aliphatic rings. The Hall–Kier alpha value is -2.53. The fourth-order valence-electron chi connectivity index (χ4n) is 2.33. The Morgan fingerprint density at radius 3 is 2.70 bits per heavy atom. The highest BCUT2D eigenvalue weighted by Crippen LogP contribution is 2.38. The van der Waals surface area contributed by atoms with Crippen LogP contribution in [0, 0.1) is 0 Å². The fourth-order valence-corrected chi connectivity index (χ4v) is 2.33. The van der Waals surface area contributed by atoms with Gasteiger partial charge < -0.3 is 10.4 Å². The maximum Gasteiger partial charge on any atom is 0.261 e. The molecule has 0 aliphatic carbocycles. The van der Waals surface area contributed by atoms with Gasteiger partial charge in [0.1, 0.15) is 5.69 Å². The maximum absolute atomic E-state index is 12.2. The molecular formula is C15H12N2O3. The Labute approximate surface area is 115 Å². The molecule has 5 nitrogen and oxygen atoms in total. The molecule has 0 bridgehead atoms. The van der Waals surface area contributed by atoms with Gasteiger partial charge in [-0.1, -0.05) is 24.3 Å². The van der Waals surface area contributed by atoms with Gasteiger partial charge in [-0.3, -0.25) is 14.6 Å². The minimum Gasteiger partial charge on any atom is -0.375 e. The molecule has 2 heterocycles. The lowest BCUT2D eigenvalue weighted by Crippen LogP contribution is -2.36. The number of aliphatic hydroxyl groups is 1. The first-order chi connectivity index (χ1) is 9.61. The Balaban J connectivity index is 1.94. The molecule has 1 amide bonds. The Kier molecular flexibility index (Phi) is 2.84. The molecule has 0 saturated heterocycles. The third-order valence-electron chi connectivity index (χ3n) is 3.36. The van der Waals surface area contributed by atoms with Gasteiger partial charge in [-0.2, -0.15) is 0 Å². The van der Waals surface area contributed by atoms with Crippen LogP contribution < -0.4 is 5.32 Å². The van der Waals surface area contributed by atoms with Crippen LogP contribution in [0.5, 0.6) is 0 Å². The molecule has 1 aromatic heterocycles. The highest BCUT2D eigenvalue weighted by atomic mass is 16.3. The van der Waals surface area contributed by atoms with Crippen LogP contribution in [-0.2, 0) is 10.4 Å². The Morgan fingerprint density at radius 2 is 1.95 bits per heavy atom. The van der Waals surface area contributed by atoms with Gasteiger partial charge in [-0.05, 0) is 18.2 Å². The SMILES string of the molecule is O=C(C[C@@]1(O)C(=O)Nc2ccccc21)c1ccccn1. The van der Waals surface area contributed by atoms with Crippen molar-refractivity contribution in [3.05, 3.63) is 59.9 Å². The van der Waals surface area contributed by atoms with E-state index in [2.05, 4.69) is 10.3 Å². The molecule has 2 N–H and O–H groups in total. The molecule has 100 valence electrons. The van der Waals surface area contributed by atoms with Gasteiger partial charge in [0.05, 0.1) is 6.42 Å². The fraction of sp³-hybridized carbons (Fsp3) is 0.133. The molecule has 1 atom stereocenters. The van der Waals surface area contributed by atoms with E-state index in [1.807, 2.05) is 0 Å². The molecule has 0 unspecified atom stereocenters. The zero-order chi connectivity index (χ0) is 14.2. The van der Waals surface area contributed by atoms with Gasteiger partial charge in [-0.25, -0.2) is 0 Å². The normalized spacial score (nSPS) is 20.4. The van der Waals surface area contributed by atoms with Crippen LogP contribution in [0.4, 0.5) is 5.69 Å². The van der Waals surface area contributed by atoms with Crippen LogP contribution >= 0.6 is 0 Å². The van der Waals surface area contributed by atoms with Crippen molar-refractivity contribution in [1.29, 1.82) is 0 Å². The Bertz CT molecular complexity index is 685. The lowest BCUT2D eigenvalue weighted by atomic mass is 9.89. The van der Waals surface area contributed by atoms with E-state index in [1.54, 1.807) is 42.5 Å². The van der Waals surface area contributed by atoms with Crippen LogP contribution in [0.3, 0.4) is 0 Å². The van der Waals surface area contributed by atoms with Gasteiger partial charge >= 0.3 is 0 Å². The van der Waals surface area contributed by atoms with Crippen molar-refractivity contribution in [1.82, 2.24) is 4.98 Å². The first kappa shape index (κ1) is 12.5. The van der Waals surface area contributed by atoms with E-state index in [4.69, 9.17) is 0 Å². The number of hydrogen-bond donors (Lipinski definition) is 2. The van der Waals surface area contributed by atoms with E-state index >= 15 is 0 Å². The van der Waals surface area contributed by atoms with Gasteiger partial charge in [0.15, 0.2) is 11.4 Å². The number of nitrogens with one attached hydrogen (secondary N) is 1. The number of carbonyl (C=O) groups excluding carboxylic acids is 2. The van der Waals surface area contributed by atoms with Crippen LogP contribution in [0.2, 0.25) is 0 Å². The Morgan fingerprint density at radius 1 is 1.20 bits per heavy atom. The minimum absolute atomic E-state index is 0.234. The second kappa shape index (κ2) is 4.54. The third-order valence-corrected chi connectivity index (χ3v) is 3.36. The zero-order valence-corrected chi connectivity index (χ0v) is 10.5. The molecule has 1 aliphatic heterocycles. The van der Waals surface area contributed by atoms with Crippen LogP contribution in [0.1, 0.15) is 22.5 Å². The molecule has 0 fully saturated rings. The molecule has 1 aromatic carbocycles. The molecule has 5 heteroatoms. The summed E-state index contributed by atoms with van der Waals surface area (Å²) < 4.78 is 0. The third kappa shape index (κ3) is 1.88. The van der Waals surface area contributed by atoms with Crippen molar-refractivity contribution in [2.75, 3.05) is 5.32 Å². The van der Waals surface area contributed by atoms with Gasteiger partial charge in [0, 0.05) is 17.4 Å². The summed E-state index contributed by atoms with van der Waals surface area (Å²) in [6.45, 7) is 0. The van der Waals surface area contributed by atoms with Crippen molar-refractivity contribution < 1.29 is 14.7 Å². The number of para-hydroxylation sites is 1. The molecule has 0 spiro atoms. The molecule has 0 radical (unpaired) electrons. The minimum atomic E-state index is -1.83. The monoisotopic (exact) mass is 268 g/mol. The molecule has 20 heavy (non-hydrogen) atoms. The quantitative estimate of drug-likeness (QED) is 0.827. The van der Waals surface area contributed by atoms with Crippen LogP contribution in [-0.4, -0.2) is 21.8 Å². The van der Waals surface area contributed by atoms with E-state index in [-0.39, 0.29) is 17.9 Å². The molecular weight excluding hydrogens is 256 g/mol. The number of benzene rings is 1. The van der Waals surface area contributed by atoms with Crippen molar-refractivity contribution in [2.45, 2.75) is 12.0 Å². The van der Waals surface area contributed by atoms with Gasteiger partial charge in [0.2, 0.25) is 0 Å². The number of anilines is 1. The van der Waals surface area contributed by atoms with Crippen LogP contribution in [0.25, 0.3) is 0 Å². The number of rotatable bonds is 3. The van der Waals surface area contributed by atoms with Gasteiger partial charge in [-0.15, -0.1) is 0 Å². The largest absolute Gasteiger partial charge is 0.375 e. The number of carbonyl (C=O) groups is 2. The summed E-state index contributed by atoms with van der Waals surface area (Å²) in [6, 6.07) is 11.7. The number of nitrogens with zero attached hydrogens (tertiary/aromatic N) is 1. The second-order valence-corrected chi connectivity index (χ2v) is 4.67. The lowest BCUT2D eigenvalue weighted by Gasteiger charge is -2.19. The van der Waals surface area contributed by atoms with Crippen molar-refractivity contribution in [3.63, 3.8) is 0 Å². The van der Waals surface area contributed by atoms with Crippen molar-refractivity contribution in [3.8, 4) is 0 Å². The first-order valence-electron chi connectivity index (χ1n) is 6.19. The van der Waals surface area contributed by atoms with Crippen LogP contribution in [0.15, 0.2) is 48.7 Å². The number of Topliss-reactive ketones (excluding diaryl/α,β-unsaturated/α-hetero) is 1. The predicted molar refractivity (Wildman–Crippen MR) is 72.2 cm³/mol.